The molecule has 20 heavy (non-hydrogen) atoms. The van der Waals surface area contributed by atoms with Crippen LogP contribution in [0.5, 0.6) is 0 Å². The lowest BCUT2D eigenvalue weighted by Crippen LogP contribution is -2.37. The molecule has 0 saturated carbocycles. The third kappa shape index (κ3) is 4.18. The Hall–Kier alpha value is -1.65. The topological polar surface area (TPSA) is 55.9 Å². The number of aromatic nitrogens is 2. The van der Waals surface area contributed by atoms with Gasteiger partial charge in [-0.3, -0.25) is 16.0 Å². The van der Waals surface area contributed by atoms with Crippen molar-refractivity contribution < 1.29 is 0 Å². The molecule has 2 aromatic rings. The van der Waals surface area contributed by atoms with Crippen molar-refractivity contribution in [3.63, 3.8) is 0 Å². The molecule has 0 aliphatic heterocycles. The van der Waals surface area contributed by atoms with E-state index in [0.717, 1.165) is 25.8 Å². The van der Waals surface area contributed by atoms with Gasteiger partial charge >= 0.3 is 0 Å². The van der Waals surface area contributed by atoms with Gasteiger partial charge in [0.2, 0.25) is 0 Å². The molecule has 1 heterocycles. The first-order chi connectivity index (χ1) is 9.71. The van der Waals surface area contributed by atoms with E-state index in [0.29, 0.717) is 0 Å². The lowest BCUT2D eigenvalue weighted by molar-refractivity contribution is 0.491. The fourth-order valence-corrected chi connectivity index (χ4v) is 2.31. The van der Waals surface area contributed by atoms with E-state index in [-0.39, 0.29) is 6.04 Å². The standard InChI is InChI=1S/C16H24N4/c1-3-20-12-15(11-18-20)10-16(19-17)9-8-14-6-4-13(2)5-7-14/h4-7,11-12,16,19H,3,8-10,17H2,1-2H3. The summed E-state index contributed by atoms with van der Waals surface area (Å²) in [5.74, 6) is 5.67. The van der Waals surface area contributed by atoms with Crippen LogP contribution in [0.2, 0.25) is 0 Å². The molecule has 0 fully saturated rings. The summed E-state index contributed by atoms with van der Waals surface area (Å²) in [6, 6.07) is 8.98. The molecule has 1 atom stereocenters. The van der Waals surface area contributed by atoms with Crippen molar-refractivity contribution in [3.8, 4) is 0 Å². The van der Waals surface area contributed by atoms with Crippen LogP contribution in [0.15, 0.2) is 36.7 Å². The van der Waals surface area contributed by atoms with Crippen LogP contribution < -0.4 is 11.3 Å². The van der Waals surface area contributed by atoms with E-state index < -0.39 is 0 Å². The van der Waals surface area contributed by atoms with Crippen LogP contribution in [0, 0.1) is 6.92 Å². The highest BCUT2D eigenvalue weighted by Crippen LogP contribution is 2.10. The highest BCUT2D eigenvalue weighted by Gasteiger charge is 2.09. The van der Waals surface area contributed by atoms with Gasteiger partial charge < -0.3 is 0 Å². The van der Waals surface area contributed by atoms with Crippen LogP contribution in [-0.2, 0) is 19.4 Å². The third-order valence-corrected chi connectivity index (χ3v) is 3.63. The SMILES string of the molecule is CCn1cc(CC(CCc2ccc(C)cc2)NN)cn1. The maximum Gasteiger partial charge on any atom is 0.0522 e. The Labute approximate surface area is 121 Å². The zero-order chi connectivity index (χ0) is 14.4. The Balaban J connectivity index is 1.87. The van der Waals surface area contributed by atoms with E-state index in [1.54, 1.807) is 0 Å². The minimum Gasteiger partial charge on any atom is -0.273 e. The number of benzene rings is 1. The Bertz CT molecular complexity index is 516. The van der Waals surface area contributed by atoms with E-state index in [9.17, 15) is 0 Å². The quantitative estimate of drug-likeness (QED) is 0.600. The van der Waals surface area contributed by atoms with Crippen molar-refractivity contribution in [2.75, 3.05) is 0 Å². The number of nitrogens with zero attached hydrogens (tertiary/aromatic N) is 2. The number of hydrogen-bond donors (Lipinski definition) is 2. The molecule has 0 spiro atoms. The molecule has 108 valence electrons. The third-order valence-electron chi connectivity index (χ3n) is 3.63. The van der Waals surface area contributed by atoms with Crippen molar-refractivity contribution in [2.45, 2.75) is 45.7 Å². The van der Waals surface area contributed by atoms with Crippen LogP contribution in [-0.4, -0.2) is 15.8 Å². The van der Waals surface area contributed by atoms with E-state index >= 15 is 0 Å². The van der Waals surface area contributed by atoms with Gasteiger partial charge in [0.1, 0.15) is 0 Å². The predicted molar refractivity (Wildman–Crippen MR) is 82.2 cm³/mol. The number of rotatable bonds is 7. The molecule has 1 aromatic carbocycles. The Morgan fingerprint density at radius 3 is 2.60 bits per heavy atom. The number of nitrogens with two attached hydrogens (primary N) is 1. The number of aryl methyl sites for hydroxylation is 3. The number of nitrogens with one attached hydrogen (secondary N) is 1. The Kier molecular flexibility index (Phi) is 5.32. The summed E-state index contributed by atoms with van der Waals surface area (Å²) >= 11 is 0. The van der Waals surface area contributed by atoms with E-state index in [1.807, 2.05) is 10.9 Å². The fraction of sp³-hybridized carbons (Fsp3) is 0.438. The molecule has 1 unspecified atom stereocenters. The van der Waals surface area contributed by atoms with Crippen LogP contribution in [0.4, 0.5) is 0 Å². The minimum atomic E-state index is 0.283. The molecule has 0 amide bonds. The van der Waals surface area contributed by atoms with E-state index in [1.165, 1.54) is 16.7 Å². The van der Waals surface area contributed by atoms with E-state index in [4.69, 9.17) is 5.84 Å². The van der Waals surface area contributed by atoms with Crippen LogP contribution in [0.25, 0.3) is 0 Å². The van der Waals surface area contributed by atoms with Crippen molar-refractivity contribution in [3.05, 3.63) is 53.3 Å². The molecule has 4 nitrogen and oxygen atoms in total. The van der Waals surface area contributed by atoms with Gasteiger partial charge in [-0.15, -0.1) is 0 Å². The zero-order valence-corrected chi connectivity index (χ0v) is 12.3. The van der Waals surface area contributed by atoms with Crippen molar-refractivity contribution >= 4 is 0 Å². The summed E-state index contributed by atoms with van der Waals surface area (Å²) in [6.45, 7) is 5.11. The normalized spacial score (nSPS) is 12.6. The molecule has 0 aliphatic carbocycles. The first kappa shape index (κ1) is 14.8. The molecule has 0 saturated heterocycles. The molecule has 0 radical (unpaired) electrons. The zero-order valence-electron chi connectivity index (χ0n) is 12.3. The van der Waals surface area contributed by atoms with Gasteiger partial charge in [-0.05, 0) is 44.2 Å². The lowest BCUT2D eigenvalue weighted by atomic mass is 10.0. The van der Waals surface area contributed by atoms with Gasteiger partial charge in [-0.25, -0.2) is 0 Å². The van der Waals surface area contributed by atoms with Crippen molar-refractivity contribution in [1.29, 1.82) is 0 Å². The van der Waals surface area contributed by atoms with E-state index in [2.05, 4.69) is 54.8 Å². The van der Waals surface area contributed by atoms with Gasteiger partial charge in [0.15, 0.2) is 0 Å². The van der Waals surface area contributed by atoms with Gasteiger partial charge in [0.05, 0.1) is 6.20 Å². The van der Waals surface area contributed by atoms with Crippen LogP contribution in [0.1, 0.15) is 30.0 Å². The minimum absolute atomic E-state index is 0.283. The van der Waals surface area contributed by atoms with Crippen molar-refractivity contribution in [1.82, 2.24) is 15.2 Å². The average molecular weight is 272 g/mol. The summed E-state index contributed by atoms with van der Waals surface area (Å²) in [4.78, 5) is 0. The summed E-state index contributed by atoms with van der Waals surface area (Å²) in [7, 11) is 0. The number of hydrazine groups is 1. The summed E-state index contributed by atoms with van der Waals surface area (Å²) in [6.07, 6.45) is 7.01. The lowest BCUT2D eigenvalue weighted by Gasteiger charge is -2.14. The van der Waals surface area contributed by atoms with Gasteiger partial charge in [0.25, 0.3) is 0 Å². The first-order valence-corrected chi connectivity index (χ1v) is 7.24. The Morgan fingerprint density at radius 2 is 2.00 bits per heavy atom. The smallest absolute Gasteiger partial charge is 0.0522 e. The van der Waals surface area contributed by atoms with Gasteiger partial charge in [-0.2, -0.15) is 5.10 Å². The molecule has 3 N–H and O–H groups in total. The highest BCUT2D eigenvalue weighted by atomic mass is 15.3. The average Bonchev–Trinajstić information content (AvgIpc) is 2.93. The summed E-state index contributed by atoms with van der Waals surface area (Å²) in [5.41, 5.74) is 6.82. The Morgan fingerprint density at radius 1 is 1.25 bits per heavy atom. The predicted octanol–water partition coefficient (Wildman–Crippen LogP) is 2.22. The molecule has 2 rings (SSSR count). The molecule has 4 heteroatoms. The largest absolute Gasteiger partial charge is 0.273 e. The fourth-order valence-electron chi connectivity index (χ4n) is 2.31. The maximum atomic E-state index is 5.67. The maximum absolute atomic E-state index is 5.67. The summed E-state index contributed by atoms with van der Waals surface area (Å²) < 4.78 is 1.95. The van der Waals surface area contributed by atoms with Crippen LogP contribution >= 0.6 is 0 Å². The second-order valence-electron chi connectivity index (χ2n) is 5.30. The molecule has 1 aromatic heterocycles. The van der Waals surface area contributed by atoms with Gasteiger partial charge in [-0.1, -0.05) is 29.8 Å². The second kappa shape index (κ2) is 7.22. The van der Waals surface area contributed by atoms with Crippen LogP contribution in [0.3, 0.4) is 0 Å². The first-order valence-electron chi connectivity index (χ1n) is 7.24. The molecular weight excluding hydrogens is 248 g/mol. The molecular formula is C16H24N4. The van der Waals surface area contributed by atoms with Crippen molar-refractivity contribution in [2.24, 2.45) is 5.84 Å². The molecule has 0 bridgehead atoms. The number of hydrogen-bond acceptors (Lipinski definition) is 3. The second-order valence-corrected chi connectivity index (χ2v) is 5.30. The highest BCUT2D eigenvalue weighted by molar-refractivity contribution is 5.21. The monoisotopic (exact) mass is 272 g/mol. The molecule has 0 aliphatic rings. The summed E-state index contributed by atoms with van der Waals surface area (Å²) in [5, 5.41) is 4.30. The van der Waals surface area contributed by atoms with Gasteiger partial charge in [0, 0.05) is 18.8 Å².